The van der Waals surface area contributed by atoms with Crippen molar-refractivity contribution in [3.63, 3.8) is 0 Å². The topological polar surface area (TPSA) is 122 Å². The maximum Gasteiger partial charge on any atom is 0.337 e. The first kappa shape index (κ1) is 13.8. The molecule has 1 aromatic carbocycles. The summed E-state index contributed by atoms with van der Waals surface area (Å²) in [5.41, 5.74) is -0.299. The van der Waals surface area contributed by atoms with Gasteiger partial charge in [0.05, 0.1) is 22.7 Å². The van der Waals surface area contributed by atoms with Crippen LogP contribution in [-0.2, 0) is 4.79 Å². The number of anilines is 1. The van der Waals surface area contributed by atoms with Crippen molar-refractivity contribution in [2.45, 2.75) is 18.9 Å². The van der Waals surface area contributed by atoms with E-state index in [2.05, 4.69) is 10.6 Å². The Bertz CT molecular complexity index is 568. The molecule has 0 unspecified atom stereocenters. The molecule has 2 rings (SSSR count). The fraction of sp³-hybridized carbons (Fsp3) is 0.333. The van der Waals surface area contributed by atoms with Crippen molar-refractivity contribution in [2.75, 3.05) is 11.9 Å². The van der Waals surface area contributed by atoms with Gasteiger partial charge in [0.15, 0.2) is 0 Å². The molecule has 0 radical (unpaired) electrons. The first-order valence-corrected chi connectivity index (χ1v) is 6.02. The summed E-state index contributed by atoms with van der Waals surface area (Å²) in [6.45, 7) is -0.127. The van der Waals surface area contributed by atoms with Gasteiger partial charge in [0.2, 0.25) is 5.91 Å². The largest absolute Gasteiger partial charge is 0.478 e. The van der Waals surface area contributed by atoms with E-state index in [4.69, 9.17) is 5.11 Å². The fourth-order valence-corrected chi connectivity index (χ4v) is 1.66. The normalized spacial score (nSPS) is 13.6. The zero-order valence-electron chi connectivity index (χ0n) is 10.5. The van der Waals surface area contributed by atoms with Gasteiger partial charge in [-0.05, 0) is 18.9 Å². The molecular weight excluding hydrogens is 266 g/mol. The van der Waals surface area contributed by atoms with Crippen molar-refractivity contribution in [2.24, 2.45) is 0 Å². The number of rotatable bonds is 6. The van der Waals surface area contributed by atoms with Gasteiger partial charge in [-0.3, -0.25) is 14.9 Å². The smallest absolute Gasteiger partial charge is 0.337 e. The van der Waals surface area contributed by atoms with Gasteiger partial charge in [-0.15, -0.1) is 0 Å². The summed E-state index contributed by atoms with van der Waals surface area (Å²) in [5, 5.41) is 25.0. The predicted molar refractivity (Wildman–Crippen MR) is 69.7 cm³/mol. The van der Waals surface area contributed by atoms with Crippen LogP contribution >= 0.6 is 0 Å². The van der Waals surface area contributed by atoms with Crippen LogP contribution in [-0.4, -0.2) is 34.5 Å². The molecule has 1 aliphatic carbocycles. The van der Waals surface area contributed by atoms with Crippen LogP contribution in [0.25, 0.3) is 0 Å². The quantitative estimate of drug-likeness (QED) is 0.527. The Morgan fingerprint density at radius 1 is 1.40 bits per heavy atom. The van der Waals surface area contributed by atoms with E-state index in [0.717, 1.165) is 31.0 Å². The molecule has 1 saturated carbocycles. The summed E-state index contributed by atoms with van der Waals surface area (Å²) in [7, 11) is 0. The minimum atomic E-state index is -1.22. The molecule has 0 atom stereocenters. The maximum atomic E-state index is 11.5. The number of aromatic carboxylic acids is 1. The number of hydrogen-bond acceptors (Lipinski definition) is 5. The Morgan fingerprint density at radius 3 is 2.65 bits per heavy atom. The first-order valence-electron chi connectivity index (χ1n) is 6.02. The molecule has 20 heavy (non-hydrogen) atoms. The van der Waals surface area contributed by atoms with E-state index in [0.29, 0.717) is 0 Å². The summed E-state index contributed by atoms with van der Waals surface area (Å²) in [6.07, 6.45) is 1.89. The third-order valence-electron chi connectivity index (χ3n) is 2.83. The summed E-state index contributed by atoms with van der Waals surface area (Å²) in [6, 6.07) is 3.56. The number of nitro groups is 1. The number of nitrogens with one attached hydrogen (secondary N) is 2. The van der Waals surface area contributed by atoms with E-state index in [1.807, 2.05) is 0 Å². The van der Waals surface area contributed by atoms with Gasteiger partial charge in [0.1, 0.15) is 0 Å². The minimum Gasteiger partial charge on any atom is -0.478 e. The number of amides is 1. The van der Waals surface area contributed by atoms with Crippen LogP contribution < -0.4 is 10.6 Å². The second kappa shape index (κ2) is 5.55. The highest BCUT2D eigenvalue weighted by Gasteiger charge is 2.23. The van der Waals surface area contributed by atoms with E-state index in [1.54, 1.807) is 0 Å². The molecule has 1 aliphatic rings. The Labute approximate surface area is 113 Å². The molecule has 1 fully saturated rings. The Kier molecular flexibility index (Phi) is 3.83. The summed E-state index contributed by atoms with van der Waals surface area (Å²) < 4.78 is 0. The van der Waals surface area contributed by atoms with Crippen LogP contribution in [0.2, 0.25) is 0 Å². The number of non-ortho nitro benzene ring substituents is 1. The molecule has 3 N–H and O–H groups in total. The number of carboxylic acid groups (broad SMARTS) is 1. The van der Waals surface area contributed by atoms with E-state index in [1.165, 1.54) is 0 Å². The second-order valence-corrected chi connectivity index (χ2v) is 4.49. The maximum absolute atomic E-state index is 11.5. The van der Waals surface area contributed by atoms with Crippen LogP contribution in [0, 0.1) is 10.1 Å². The highest BCUT2D eigenvalue weighted by molar-refractivity contribution is 5.95. The van der Waals surface area contributed by atoms with Gasteiger partial charge in [0, 0.05) is 18.2 Å². The van der Waals surface area contributed by atoms with Gasteiger partial charge in [-0.2, -0.15) is 0 Å². The Morgan fingerprint density at radius 2 is 2.10 bits per heavy atom. The standard InChI is InChI=1S/C12H13N3O5/c16-11(14-7-1-2-7)6-13-10-5-8(15(19)20)3-4-9(10)12(17)18/h3-5,7,13H,1-2,6H2,(H,14,16)(H,17,18). The Balaban J connectivity index is 2.10. The van der Waals surface area contributed by atoms with Crippen molar-refractivity contribution < 1.29 is 19.6 Å². The van der Waals surface area contributed by atoms with Crippen LogP contribution in [0.15, 0.2) is 18.2 Å². The SMILES string of the molecule is O=C(CNc1cc([N+](=O)[O-])ccc1C(=O)O)NC1CC1. The van der Waals surface area contributed by atoms with E-state index < -0.39 is 10.9 Å². The van der Waals surface area contributed by atoms with Crippen molar-refractivity contribution in [3.8, 4) is 0 Å². The first-order chi connectivity index (χ1) is 9.47. The van der Waals surface area contributed by atoms with E-state index in [-0.39, 0.29) is 35.4 Å². The molecule has 8 nitrogen and oxygen atoms in total. The van der Waals surface area contributed by atoms with Gasteiger partial charge in [-0.1, -0.05) is 0 Å². The molecule has 0 heterocycles. The van der Waals surface area contributed by atoms with Crippen molar-refractivity contribution in [3.05, 3.63) is 33.9 Å². The third-order valence-corrected chi connectivity index (χ3v) is 2.83. The number of benzene rings is 1. The van der Waals surface area contributed by atoms with E-state index >= 15 is 0 Å². The van der Waals surface area contributed by atoms with Gasteiger partial charge in [-0.25, -0.2) is 4.79 Å². The zero-order valence-corrected chi connectivity index (χ0v) is 10.5. The molecule has 1 aromatic rings. The lowest BCUT2D eigenvalue weighted by atomic mass is 10.1. The van der Waals surface area contributed by atoms with E-state index in [9.17, 15) is 19.7 Å². The molecule has 0 aliphatic heterocycles. The highest BCUT2D eigenvalue weighted by atomic mass is 16.6. The van der Waals surface area contributed by atoms with Crippen LogP contribution in [0.5, 0.6) is 0 Å². The summed E-state index contributed by atoms with van der Waals surface area (Å²) in [4.78, 5) is 32.6. The molecule has 0 aromatic heterocycles. The molecular formula is C12H13N3O5. The summed E-state index contributed by atoms with van der Waals surface area (Å²) >= 11 is 0. The van der Waals surface area contributed by atoms with Gasteiger partial charge in [0.25, 0.3) is 5.69 Å². The van der Waals surface area contributed by atoms with Crippen molar-refractivity contribution >= 4 is 23.3 Å². The number of nitrogens with zero attached hydrogens (tertiary/aromatic N) is 1. The zero-order chi connectivity index (χ0) is 14.7. The lowest BCUT2D eigenvalue weighted by Gasteiger charge is -2.09. The number of nitro benzene ring substituents is 1. The predicted octanol–water partition coefficient (Wildman–Crippen LogP) is 0.984. The molecule has 8 heteroatoms. The molecule has 1 amide bonds. The minimum absolute atomic E-state index is 0.0534. The lowest BCUT2D eigenvalue weighted by Crippen LogP contribution is -2.31. The van der Waals surface area contributed by atoms with Gasteiger partial charge < -0.3 is 15.7 Å². The number of carbonyl (C=O) groups is 2. The molecule has 0 spiro atoms. The molecule has 0 saturated heterocycles. The third kappa shape index (κ3) is 3.44. The van der Waals surface area contributed by atoms with Crippen LogP contribution in [0.4, 0.5) is 11.4 Å². The number of carboxylic acids is 1. The number of hydrogen-bond donors (Lipinski definition) is 3. The van der Waals surface area contributed by atoms with Crippen LogP contribution in [0.1, 0.15) is 23.2 Å². The average Bonchev–Trinajstić information content (AvgIpc) is 3.19. The van der Waals surface area contributed by atoms with Crippen molar-refractivity contribution in [1.29, 1.82) is 0 Å². The lowest BCUT2D eigenvalue weighted by molar-refractivity contribution is -0.384. The fourth-order valence-electron chi connectivity index (χ4n) is 1.66. The van der Waals surface area contributed by atoms with Crippen molar-refractivity contribution in [1.82, 2.24) is 5.32 Å². The highest BCUT2D eigenvalue weighted by Crippen LogP contribution is 2.23. The summed E-state index contributed by atoms with van der Waals surface area (Å²) in [5.74, 6) is -1.49. The Hall–Kier alpha value is -2.64. The monoisotopic (exact) mass is 279 g/mol. The van der Waals surface area contributed by atoms with Gasteiger partial charge >= 0.3 is 5.97 Å². The number of carbonyl (C=O) groups excluding carboxylic acids is 1. The molecule has 0 bridgehead atoms. The van der Waals surface area contributed by atoms with Crippen LogP contribution in [0.3, 0.4) is 0 Å². The molecule has 106 valence electrons. The average molecular weight is 279 g/mol. The second-order valence-electron chi connectivity index (χ2n) is 4.49.